The number of hydrogen-bond acceptors (Lipinski definition) is 7. The first-order chi connectivity index (χ1) is 21.5. The molecule has 0 aliphatic carbocycles. The van der Waals surface area contributed by atoms with Gasteiger partial charge in [-0.15, -0.1) is 0 Å². The zero-order valence-electron chi connectivity index (χ0n) is 28.4. The molecule has 0 spiro atoms. The van der Waals surface area contributed by atoms with E-state index in [0.717, 1.165) is 42.6 Å². The van der Waals surface area contributed by atoms with Gasteiger partial charge in [-0.05, 0) is 76.8 Å². The average molecular weight is 620 g/mol. The summed E-state index contributed by atoms with van der Waals surface area (Å²) in [6.45, 7) is 16.0. The van der Waals surface area contributed by atoms with Crippen molar-refractivity contribution in [3.63, 3.8) is 0 Å². The van der Waals surface area contributed by atoms with Crippen LogP contribution in [0.3, 0.4) is 0 Å². The molecule has 2 aromatic carbocycles. The minimum atomic E-state index is -0.245. The van der Waals surface area contributed by atoms with Gasteiger partial charge < -0.3 is 19.1 Å². The Morgan fingerprint density at radius 2 is 1.78 bits per heavy atom. The highest BCUT2D eigenvalue weighted by atomic mass is 16.5. The number of ether oxygens (including phenoxy) is 2. The van der Waals surface area contributed by atoms with E-state index in [4.69, 9.17) is 9.47 Å². The van der Waals surface area contributed by atoms with Gasteiger partial charge in [-0.25, -0.2) is 4.98 Å². The van der Waals surface area contributed by atoms with E-state index in [2.05, 4.69) is 49.7 Å². The van der Waals surface area contributed by atoms with Crippen LogP contribution >= 0.6 is 0 Å². The molecule has 246 valence electrons. The molecule has 0 radical (unpaired) electrons. The Bertz CT molecular complexity index is 1340. The molecule has 0 amide bonds. The Hall–Kier alpha value is -3.49. The Balaban J connectivity index is 0.000000305. The van der Waals surface area contributed by atoms with Gasteiger partial charge in [0.15, 0.2) is 0 Å². The molecule has 1 fully saturated rings. The number of aromatic nitrogens is 2. The number of hydrogen-bond donors (Lipinski definition) is 1. The minimum Gasteiger partial charge on any atom is -0.465 e. The molecule has 1 N–H and O–H groups in total. The highest BCUT2D eigenvalue weighted by Gasteiger charge is 2.35. The van der Waals surface area contributed by atoms with Crippen molar-refractivity contribution in [3.05, 3.63) is 83.4 Å². The molecule has 8 nitrogen and oxygen atoms in total. The summed E-state index contributed by atoms with van der Waals surface area (Å²) in [4.78, 5) is 30.3. The van der Waals surface area contributed by atoms with Crippen molar-refractivity contribution >= 4 is 11.9 Å². The molecule has 3 atom stereocenters. The third-order valence-electron chi connectivity index (χ3n) is 8.66. The fourth-order valence-corrected chi connectivity index (χ4v) is 6.02. The molecule has 1 aromatic heterocycles. The second kappa shape index (κ2) is 17.3. The van der Waals surface area contributed by atoms with Crippen LogP contribution in [0, 0.1) is 17.8 Å². The molecular weight excluding hydrogens is 566 g/mol. The van der Waals surface area contributed by atoms with Crippen molar-refractivity contribution in [2.24, 2.45) is 24.8 Å². The molecule has 0 saturated carbocycles. The van der Waals surface area contributed by atoms with Gasteiger partial charge in [-0.1, -0.05) is 57.2 Å². The van der Waals surface area contributed by atoms with Gasteiger partial charge in [0.25, 0.3) is 0 Å². The summed E-state index contributed by atoms with van der Waals surface area (Å²) < 4.78 is 12.9. The Labute approximate surface area is 269 Å². The van der Waals surface area contributed by atoms with Crippen LogP contribution < -0.4 is 4.74 Å². The zero-order chi connectivity index (χ0) is 33.1. The summed E-state index contributed by atoms with van der Waals surface area (Å²) in [6, 6.07) is 16.9. The number of rotatable bonds is 13. The number of cyclic esters (lactones) is 1. The number of aliphatic hydroxyl groups excluding tert-OH is 1. The largest absolute Gasteiger partial charge is 0.465 e. The maximum absolute atomic E-state index is 12.3. The predicted octanol–water partition coefficient (Wildman–Crippen LogP) is 6.54. The van der Waals surface area contributed by atoms with Crippen LogP contribution in [0.4, 0.5) is 0 Å². The first-order valence-corrected chi connectivity index (χ1v) is 16.3. The molecule has 1 saturated heterocycles. The van der Waals surface area contributed by atoms with E-state index < -0.39 is 0 Å². The highest BCUT2D eigenvalue weighted by molar-refractivity contribution is 5.75. The molecule has 2 heterocycles. The fraction of sp³-hybridized carbons (Fsp3) is 0.541. The lowest BCUT2D eigenvalue weighted by molar-refractivity contribution is -0.141. The first kappa shape index (κ1) is 36.0. The minimum absolute atomic E-state index is 0.0373. The van der Waals surface area contributed by atoms with Crippen molar-refractivity contribution in [1.82, 2.24) is 14.5 Å². The van der Waals surface area contributed by atoms with E-state index in [1.165, 1.54) is 5.56 Å². The maximum atomic E-state index is 12.3. The number of carbonyl (C=O) groups excluding carboxylic acids is 2. The van der Waals surface area contributed by atoms with E-state index in [-0.39, 0.29) is 36.3 Å². The number of esters is 2. The lowest BCUT2D eigenvalue weighted by Crippen LogP contribution is -2.38. The number of benzene rings is 2. The van der Waals surface area contributed by atoms with Crippen LogP contribution in [0.15, 0.2) is 61.1 Å². The normalized spacial score (nSPS) is 17.0. The highest BCUT2D eigenvalue weighted by Crippen LogP contribution is 2.36. The third-order valence-corrected chi connectivity index (χ3v) is 8.66. The van der Waals surface area contributed by atoms with Crippen LogP contribution in [0.1, 0.15) is 89.6 Å². The van der Waals surface area contributed by atoms with Gasteiger partial charge >= 0.3 is 11.9 Å². The molecule has 3 aromatic rings. The zero-order valence-corrected chi connectivity index (χ0v) is 28.4. The Kier molecular flexibility index (Phi) is 13.8. The van der Waals surface area contributed by atoms with E-state index in [9.17, 15) is 14.7 Å². The van der Waals surface area contributed by atoms with Gasteiger partial charge in [-0.3, -0.25) is 14.5 Å². The summed E-state index contributed by atoms with van der Waals surface area (Å²) in [5.74, 6) is 0.546. The topological polar surface area (TPSA) is 93.9 Å². The Morgan fingerprint density at radius 1 is 1.09 bits per heavy atom. The van der Waals surface area contributed by atoms with Crippen molar-refractivity contribution in [1.29, 1.82) is 0 Å². The summed E-state index contributed by atoms with van der Waals surface area (Å²) in [5, 5.41) is 9.72. The lowest BCUT2D eigenvalue weighted by Gasteiger charge is -2.32. The number of carbonyl (C=O) groups is 2. The Morgan fingerprint density at radius 3 is 2.33 bits per heavy atom. The number of nitrogens with zero attached hydrogens (tertiary/aromatic N) is 3. The molecule has 0 bridgehead atoms. The van der Waals surface area contributed by atoms with Crippen molar-refractivity contribution < 1.29 is 24.2 Å². The molecular formula is C37H53N3O5. The van der Waals surface area contributed by atoms with Crippen molar-refractivity contribution in [2.75, 3.05) is 13.2 Å². The monoisotopic (exact) mass is 619 g/mol. The van der Waals surface area contributed by atoms with Gasteiger partial charge in [-0.2, -0.15) is 0 Å². The summed E-state index contributed by atoms with van der Waals surface area (Å²) in [5.41, 5.74) is 4.12. The second-order valence-electron chi connectivity index (χ2n) is 12.9. The quantitative estimate of drug-likeness (QED) is 0.171. The van der Waals surface area contributed by atoms with Crippen LogP contribution in [-0.2, 0) is 34.4 Å². The number of imidazole rings is 1. The van der Waals surface area contributed by atoms with Gasteiger partial charge in [0.05, 0.1) is 31.4 Å². The number of aliphatic hydroxyl groups is 1. The summed E-state index contributed by atoms with van der Waals surface area (Å²) in [6.07, 6.45) is 6.27. The number of aryl methyl sites for hydroxylation is 1. The molecule has 8 heteroatoms. The maximum Gasteiger partial charge on any atom is 0.313 e. The smallest absolute Gasteiger partial charge is 0.313 e. The molecule has 1 aliphatic rings. The van der Waals surface area contributed by atoms with Crippen molar-refractivity contribution in [2.45, 2.75) is 92.3 Å². The molecule has 1 aliphatic heterocycles. The van der Waals surface area contributed by atoms with Crippen LogP contribution in [-0.4, -0.2) is 56.7 Å². The van der Waals surface area contributed by atoms with Crippen LogP contribution in [0.5, 0.6) is 5.75 Å². The second-order valence-corrected chi connectivity index (χ2v) is 12.9. The third kappa shape index (κ3) is 10.00. The van der Waals surface area contributed by atoms with Gasteiger partial charge in [0.2, 0.25) is 0 Å². The van der Waals surface area contributed by atoms with Crippen molar-refractivity contribution in [3.8, 4) is 5.75 Å². The first-order valence-electron chi connectivity index (χ1n) is 16.3. The summed E-state index contributed by atoms with van der Waals surface area (Å²) in [7, 11) is 1.97. The van der Waals surface area contributed by atoms with Crippen LogP contribution in [0.25, 0.3) is 0 Å². The van der Waals surface area contributed by atoms with Gasteiger partial charge in [0.1, 0.15) is 5.75 Å². The van der Waals surface area contributed by atoms with Gasteiger partial charge in [0, 0.05) is 48.4 Å². The standard InChI is InChI=1S/C26H37NO3.C11H16N2O2/c1-18(2)26(29)30-25-13-12-21(17-28)16-24(25)23(22-10-8-7-9-11-22)14-15-27(19(3)4)20(5)6;1-3-10-8(6-15-11(10)14)4-9-5-12-7-13(9)2/h7-13,16,18-20,23,28H,14-15,17H2,1-6H3;5,7-8,10H,3-4,6H2,1-2H3/t23-;8-,10-/m10/s1. The average Bonchev–Trinajstić information content (AvgIpc) is 3.59. The van der Waals surface area contributed by atoms with Crippen LogP contribution in [0.2, 0.25) is 0 Å². The van der Waals surface area contributed by atoms with E-state index in [0.29, 0.717) is 30.4 Å². The molecule has 4 rings (SSSR count). The van der Waals surface area contributed by atoms with E-state index in [1.807, 2.05) is 75.0 Å². The van der Waals surface area contributed by atoms with E-state index in [1.54, 1.807) is 6.33 Å². The molecule has 45 heavy (non-hydrogen) atoms. The molecule has 0 unspecified atom stereocenters. The lowest BCUT2D eigenvalue weighted by atomic mass is 9.86. The fourth-order valence-electron chi connectivity index (χ4n) is 6.02. The van der Waals surface area contributed by atoms with E-state index >= 15 is 0 Å². The predicted molar refractivity (Wildman–Crippen MR) is 178 cm³/mol. The SMILES string of the molecule is CC(C)C(=O)Oc1ccc(CO)cc1[C@H](CCN(C(C)C)C(C)C)c1ccccc1.CC[C@@H]1C(=O)OC[C@@H]1Cc1cncn1C. The summed E-state index contributed by atoms with van der Waals surface area (Å²) >= 11 is 0.